The molecule has 7 heteroatoms. The van der Waals surface area contributed by atoms with Crippen LogP contribution < -0.4 is 5.32 Å². The number of furan rings is 1. The zero-order valence-corrected chi connectivity index (χ0v) is 18.0. The van der Waals surface area contributed by atoms with E-state index in [4.69, 9.17) is 4.42 Å². The molecule has 0 saturated carbocycles. The molecule has 5 nitrogen and oxygen atoms in total. The second-order valence-corrected chi connectivity index (χ2v) is 9.57. The summed E-state index contributed by atoms with van der Waals surface area (Å²) in [5.74, 6) is 2.49. The fourth-order valence-corrected chi connectivity index (χ4v) is 6.06. The molecule has 1 N–H and O–H groups in total. The molecule has 30 heavy (non-hydrogen) atoms. The Labute approximate surface area is 184 Å². The molecule has 0 spiro atoms. The Morgan fingerprint density at radius 2 is 1.70 bits per heavy atom. The summed E-state index contributed by atoms with van der Waals surface area (Å²) < 4.78 is 5.84. The minimum Gasteiger partial charge on any atom is -0.467 e. The molecule has 0 bridgehead atoms. The fourth-order valence-electron chi connectivity index (χ4n) is 3.20. The topological polar surface area (TPSA) is 62.6 Å². The second kappa shape index (κ2) is 9.91. The number of hydrogen-bond donors (Lipinski definition) is 1. The first-order valence-corrected chi connectivity index (χ1v) is 11.8. The van der Waals surface area contributed by atoms with E-state index in [0.29, 0.717) is 21.6 Å². The van der Waals surface area contributed by atoms with Gasteiger partial charge in [-0.05, 0) is 42.0 Å². The van der Waals surface area contributed by atoms with Gasteiger partial charge >= 0.3 is 0 Å². The Bertz CT molecular complexity index is 969. The maximum atomic E-state index is 13.2. The number of carbonyl (C=O) groups is 2. The SMILES string of the molecule is O=C(CN(Cc1ccco1)C(=O)c1ccc(C2SCCS2)cc1)Nc1ccccc1. The van der Waals surface area contributed by atoms with Crippen molar-refractivity contribution in [1.29, 1.82) is 0 Å². The van der Waals surface area contributed by atoms with Crippen molar-refractivity contribution < 1.29 is 14.0 Å². The lowest BCUT2D eigenvalue weighted by molar-refractivity contribution is -0.117. The fraction of sp³-hybridized carbons (Fsp3) is 0.217. The van der Waals surface area contributed by atoms with Crippen LogP contribution in [0.25, 0.3) is 0 Å². The molecule has 1 aromatic heterocycles. The lowest BCUT2D eigenvalue weighted by Gasteiger charge is -2.21. The molecule has 1 aliphatic rings. The van der Waals surface area contributed by atoms with Gasteiger partial charge in [-0.1, -0.05) is 30.3 Å². The van der Waals surface area contributed by atoms with Crippen molar-refractivity contribution in [2.24, 2.45) is 0 Å². The second-order valence-electron chi connectivity index (χ2n) is 6.85. The summed E-state index contributed by atoms with van der Waals surface area (Å²) in [5.41, 5.74) is 2.48. The molecule has 2 amide bonds. The zero-order valence-electron chi connectivity index (χ0n) is 16.3. The standard InChI is InChI=1S/C23H22N2O3S2/c26-21(24-19-5-2-1-3-6-19)16-25(15-20-7-4-12-28-20)22(27)17-8-10-18(11-9-17)23-29-13-14-30-23/h1-12,23H,13-16H2,(H,24,26). The number of rotatable bonds is 7. The Kier molecular flexibility index (Phi) is 6.81. The highest BCUT2D eigenvalue weighted by Crippen LogP contribution is 2.45. The van der Waals surface area contributed by atoms with Crippen molar-refractivity contribution in [3.8, 4) is 0 Å². The molecule has 0 unspecified atom stereocenters. The molecule has 0 radical (unpaired) electrons. The number of hydrogen-bond acceptors (Lipinski definition) is 5. The Morgan fingerprint density at radius 3 is 2.37 bits per heavy atom. The van der Waals surface area contributed by atoms with Crippen LogP contribution in [0.15, 0.2) is 77.4 Å². The van der Waals surface area contributed by atoms with Crippen LogP contribution in [0.2, 0.25) is 0 Å². The van der Waals surface area contributed by atoms with Crippen molar-refractivity contribution in [3.63, 3.8) is 0 Å². The molecule has 4 rings (SSSR count). The third-order valence-corrected chi connectivity index (χ3v) is 7.76. The van der Waals surface area contributed by atoms with Gasteiger partial charge in [0.2, 0.25) is 5.91 Å². The van der Waals surface area contributed by atoms with E-state index >= 15 is 0 Å². The number of anilines is 1. The quantitative estimate of drug-likeness (QED) is 0.560. The van der Waals surface area contributed by atoms with Crippen LogP contribution in [0.1, 0.15) is 26.3 Å². The van der Waals surface area contributed by atoms with Crippen molar-refractivity contribution in [2.75, 3.05) is 23.4 Å². The molecule has 2 aromatic carbocycles. The largest absolute Gasteiger partial charge is 0.467 e. The number of para-hydroxylation sites is 1. The molecule has 0 aliphatic carbocycles. The van der Waals surface area contributed by atoms with Gasteiger partial charge in [0.25, 0.3) is 5.91 Å². The monoisotopic (exact) mass is 438 g/mol. The Hall–Kier alpha value is -2.64. The van der Waals surface area contributed by atoms with Crippen LogP contribution in [-0.2, 0) is 11.3 Å². The highest BCUT2D eigenvalue weighted by atomic mass is 32.2. The predicted octanol–water partition coefficient (Wildman–Crippen LogP) is 5.04. The molecule has 2 heterocycles. The number of amides is 2. The first-order chi connectivity index (χ1) is 14.7. The molecule has 0 atom stereocenters. The van der Waals surface area contributed by atoms with E-state index in [1.54, 1.807) is 18.4 Å². The van der Waals surface area contributed by atoms with Gasteiger partial charge in [-0.3, -0.25) is 9.59 Å². The van der Waals surface area contributed by atoms with Gasteiger partial charge in [0, 0.05) is 22.8 Å². The number of thioether (sulfide) groups is 2. The molecule has 1 fully saturated rings. The molecule has 3 aromatic rings. The van der Waals surface area contributed by atoms with Crippen LogP contribution in [0.4, 0.5) is 5.69 Å². The van der Waals surface area contributed by atoms with Crippen LogP contribution in [0.5, 0.6) is 0 Å². The van der Waals surface area contributed by atoms with E-state index in [-0.39, 0.29) is 24.9 Å². The molecule has 154 valence electrons. The van der Waals surface area contributed by atoms with Gasteiger partial charge in [-0.25, -0.2) is 0 Å². The molecule has 1 saturated heterocycles. The van der Waals surface area contributed by atoms with Crippen LogP contribution in [-0.4, -0.2) is 34.8 Å². The molecular weight excluding hydrogens is 416 g/mol. The summed E-state index contributed by atoms with van der Waals surface area (Å²) in [4.78, 5) is 27.3. The maximum absolute atomic E-state index is 13.2. The van der Waals surface area contributed by atoms with Gasteiger partial charge in [-0.15, -0.1) is 23.5 Å². The van der Waals surface area contributed by atoms with Gasteiger partial charge < -0.3 is 14.6 Å². The van der Waals surface area contributed by atoms with Crippen LogP contribution in [0.3, 0.4) is 0 Å². The molecular formula is C23H22N2O3S2. The van der Waals surface area contributed by atoms with Gasteiger partial charge in [-0.2, -0.15) is 0 Å². The summed E-state index contributed by atoms with van der Waals surface area (Å²) >= 11 is 3.86. The number of nitrogens with zero attached hydrogens (tertiary/aromatic N) is 1. The van der Waals surface area contributed by atoms with Crippen LogP contribution >= 0.6 is 23.5 Å². The number of carbonyl (C=O) groups excluding carboxylic acids is 2. The first kappa shape index (κ1) is 20.6. The Balaban J connectivity index is 1.48. The summed E-state index contributed by atoms with van der Waals surface area (Å²) in [6.07, 6.45) is 1.56. The van der Waals surface area contributed by atoms with Crippen molar-refractivity contribution in [1.82, 2.24) is 4.90 Å². The number of nitrogens with one attached hydrogen (secondary N) is 1. The van der Waals surface area contributed by atoms with Crippen LogP contribution in [0, 0.1) is 0 Å². The minimum atomic E-state index is -0.253. The highest BCUT2D eigenvalue weighted by molar-refractivity contribution is 8.19. The normalized spacial score (nSPS) is 13.9. The van der Waals surface area contributed by atoms with Gasteiger partial charge in [0.05, 0.1) is 17.4 Å². The maximum Gasteiger partial charge on any atom is 0.254 e. The van der Waals surface area contributed by atoms with E-state index < -0.39 is 0 Å². The summed E-state index contributed by atoms with van der Waals surface area (Å²) in [5, 5.41) is 2.84. The smallest absolute Gasteiger partial charge is 0.254 e. The highest BCUT2D eigenvalue weighted by Gasteiger charge is 2.22. The van der Waals surface area contributed by atoms with E-state index in [1.165, 1.54) is 10.5 Å². The average molecular weight is 439 g/mol. The third-order valence-electron chi connectivity index (χ3n) is 4.66. The lowest BCUT2D eigenvalue weighted by atomic mass is 10.1. The van der Waals surface area contributed by atoms with Crippen molar-refractivity contribution in [3.05, 3.63) is 89.9 Å². The average Bonchev–Trinajstić information content (AvgIpc) is 3.48. The third kappa shape index (κ3) is 5.29. The first-order valence-electron chi connectivity index (χ1n) is 9.69. The lowest BCUT2D eigenvalue weighted by Crippen LogP contribution is -2.37. The van der Waals surface area contributed by atoms with Gasteiger partial charge in [0.15, 0.2) is 0 Å². The zero-order chi connectivity index (χ0) is 20.8. The van der Waals surface area contributed by atoms with E-state index in [1.807, 2.05) is 78.1 Å². The van der Waals surface area contributed by atoms with Crippen molar-refractivity contribution in [2.45, 2.75) is 11.1 Å². The summed E-state index contributed by atoms with van der Waals surface area (Å²) in [6.45, 7) is 0.161. The van der Waals surface area contributed by atoms with E-state index in [9.17, 15) is 9.59 Å². The summed E-state index contributed by atoms with van der Waals surface area (Å²) in [6, 6.07) is 20.5. The minimum absolute atomic E-state index is 0.0650. The summed E-state index contributed by atoms with van der Waals surface area (Å²) in [7, 11) is 0. The Morgan fingerprint density at radius 1 is 0.967 bits per heavy atom. The molecule has 1 aliphatic heterocycles. The van der Waals surface area contributed by atoms with Crippen molar-refractivity contribution >= 4 is 41.0 Å². The van der Waals surface area contributed by atoms with Gasteiger partial charge in [0.1, 0.15) is 12.3 Å². The number of benzene rings is 2. The van der Waals surface area contributed by atoms with E-state index in [2.05, 4.69) is 5.32 Å². The predicted molar refractivity (Wildman–Crippen MR) is 123 cm³/mol. The van der Waals surface area contributed by atoms with E-state index in [0.717, 1.165) is 11.5 Å².